The van der Waals surface area contributed by atoms with Gasteiger partial charge in [-0.3, -0.25) is 4.90 Å². The fraction of sp³-hybridized carbons (Fsp3) is 0.571. The van der Waals surface area contributed by atoms with E-state index in [9.17, 15) is 0 Å². The highest BCUT2D eigenvalue weighted by Gasteiger charge is 2.31. The van der Waals surface area contributed by atoms with Crippen LogP contribution in [0, 0.1) is 5.92 Å². The van der Waals surface area contributed by atoms with Crippen molar-refractivity contribution in [1.29, 1.82) is 0 Å². The van der Waals surface area contributed by atoms with Crippen molar-refractivity contribution in [2.45, 2.75) is 12.5 Å². The molecule has 2 unspecified atom stereocenters. The van der Waals surface area contributed by atoms with E-state index < -0.39 is 0 Å². The first-order valence-electron chi connectivity index (χ1n) is 6.31. The minimum absolute atomic E-state index is 0.364. The van der Waals surface area contributed by atoms with Crippen LogP contribution in [0.25, 0.3) is 0 Å². The van der Waals surface area contributed by atoms with E-state index in [4.69, 9.17) is 15.2 Å². The molecule has 1 heterocycles. The summed E-state index contributed by atoms with van der Waals surface area (Å²) in [5.41, 5.74) is 6.97. The van der Waals surface area contributed by atoms with Crippen LogP contribution in [-0.2, 0) is 0 Å². The van der Waals surface area contributed by atoms with E-state index in [0.717, 1.165) is 31.0 Å². The second-order valence-electron chi connectivity index (χ2n) is 4.90. The molecule has 1 aliphatic heterocycles. The van der Waals surface area contributed by atoms with Gasteiger partial charge in [-0.25, -0.2) is 0 Å². The zero-order valence-electron chi connectivity index (χ0n) is 11.3. The fourth-order valence-electron chi connectivity index (χ4n) is 2.74. The average molecular weight is 250 g/mol. The lowest BCUT2D eigenvalue weighted by molar-refractivity contribution is 0.301. The third kappa shape index (κ3) is 2.44. The fourth-order valence-corrected chi connectivity index (χ4v) is 2.74. The third-order valence-corrected chi connectivity index (χ3v) is 3.76. The van der Waals surface area contributed by atoms with Gasteiger partial charge in [0, 0.05) is 18.2 Å². The van der Waals surface area contributed by atoms with Gasteiger partial charge in [0.25, 0.3) is 0 Å². The lowest BCUT2D eigenvalue weighted by Gasteiger charge is -2.22. The Kier molecular flexibility index (Phi) is 4.09. The van der Waals surface area contributed by atoms with Crippen LogP contribution in [0.3, 0.4) is 0 Å². The van der Waals surface area contributed by atoms with Gasteiger partial charge in [0.2, 0.25) is 0 Å². The minimum atomic E-state index is 0.364. The average Bonchev–Trinajstić information content (AvgIpc) is 2.79. The van der Waals surface area contributed by atoms with Gasteiger partial charge in [0.05, 0.1) is 14.2 Å². The molecule has 4 heteroatoms. The van der Waals surface area contributed by atoms with E-state index in [1.165, 1.54) is 5.56 Å². The molecular weight excluding hydrogens is 228 g/mol. The van der Waals surface area contributed by atoms with Crippen LogP contribution in [0.4, 0.5) is 0 Å². The largest absolute Gasteiger partial charge is 0.497 e. The molecule has 0 aliphatic carbocycles. The number of hydrogen-bond donors (Lipinski definition) is 1. The summed E-state index contributed by atoms with van der Waals surface area (Å²) in [6.45, 7) is 1.79. The highest BCUT2D eigenvalue weighted by atomic mass is 16.5. The summed E-state index contributed by atoms with van der Waals surface area (Å²) in [7, 11) is 5.53. The quantitative estimate of drug-likeness (QED) is 0.883. The van der Waals surface area contributed by atoms with E-state index in [1.54, 1.807) is 14.2 Å². The van der Waals surface area contributed by atoms with Crippen molar-refractivity contribution in [3.05, 3.63) is 23.8 Å². The van der Waals surface area contributed by atoms with Crippen LogP contribution in [-0.4, -0.2) is 39.3 Å². The molecule has 0 aromatic heterocycles. The molecule has 2 N–H and O–H groups in total. The molecule has 4 nitrogen and oxygen atoms in total. The molecule has 2 atom stereocenters. The Morgan fingerprint density at radius 1 is 1.33 bits per heavy atom. The number of nitrogens with two attached hydrogens (primary N) is 1. The molecule has 1 saturated heterocycles. The second-order valence-corrected chi connectivity index (χ2v) is 4.90. The monoisotopic (exact) mass is 250 g/mol. The van der Waals surface area contributed by atoms with Crippen LogP contribution in [0.5, 0.6) is 11.5 Å². The molecule has 100 valence electrons. The van der Waals surface area contributed by atoms with Crippen molar-refractivity contribution in [3.63, 3.8) is 0 Å². The van der Waals surface area contributed by atoms with Crippen LogP contribution in [0.1, 0.15) is 18.0 Å². The molecule has 0 bridgehead atoms. The van der Waals surface area contributed by atoms with Gasteiger partial charge >= 0.3 is 0 Å². The summed E-state index contributed by atoms with van der Waals surface area (Å²) in [6, 6.07) is 6.33. The first-order valence-corrected chi connectivity index (χ1v) is 6.31. The van der Waals surface area contributed by atoms with Gasteiger partial charge in [-0.05, 0) is 44.1 Å². The van der Waals surface area contributed by atoms with Crippen molar-refractivity contribution in [2.24, 2.45) is 11.7 Å². The van der Waals surface area contributed by atoms with Gasteiger partial charge in [0.15, 0.2) is 0 Å². The number of ether oxygens (including phenoxy) is 2. The maximum absolute atomic E-state index is 5.78. The zero-order valence-corrected chi connectivity index (χ0v) is 11.3. The smallest absolute Gasteiger partial charge is 0.123 e. The molecule has 2 rings (SSSR count). The molecule has 0 amide bonds. The van der Waals surface area contributed by atoms with Crippen molar-refractivity contribution < 1.29 is 9.47 Å². The lowest BCUT2D eigenvalue weighted by atomic mass is 9.99. The van der Waals surface area contributed by atoms with Gasteiger partial charge in [-0.2, -0.15) is 0 Å². The molecule has 1 aliphatic rings. The van der Waals surface area contributed by atoms with Gasteiger partial charge in [-0.1, -0.05) is 0 Å². The summed E-state index contributed by atoms with van der Waals surface area (Å²) in [5.74, 6) is 2.36. The topological polar surface area (TPSA) is 47.7 Å². The number of rotatable bonds is 4. The number of likely N-dealkylation sites (tertiary alicyclic amines) is 1. The highest BCUT2D eigenvalue weighted by molar-refractivity contribution is 5.42. The molecule has 0 saturated carbocycles. The van der Waals surface area contributed by atoms with Crippen molar-refractivity contribution in [1.82, 2.24) is 4.90 Å². The van der Waals surface area contributed by atoms with Crippen LogP contribution >= 0.6 is 0 Å². The van der Waals surface area contributed by atoms with Crippen LogP contribution < -0.4 is 15.2 Å². The van der Waals surface area contributed by atoms with E-state index in [0.29, 0.717) is 12.0 Å². The zero-order chi connectivity index (χ0) is 13.1. The molecule has 18 heavy (non-hydrogen) atoms. The number of hydrogen-bond acceptors (Lipinski definition) is 4. The van der Waals surface area contributed by atoms with Crippen LogP contribution in [0.2, 0.25) is 0 Å². The predicted octanol–water partition coefficient (Wildman–Crippen LogP) is 1.66. The SMILES string of the molecule is COc1ccc(OC)c(C2CC(CN)CN2C)c1. The van der Waals surface area contributed by atoms with Gasteiger partial charge < -0.3 is 15.2 Å². The normalized spacial score (nSPS) is 24.2. The first kappa shape index (κ1) is 13.2. The maximum Gasteiger partial charge on any atom is 0.123 e. The second kappa shape index (κ2) is 5.59. The van der Waals surface area contributed by atoms with Crippen LogP contribution in [0.15, 0.2) is 18.2 Å². The standard InChI is InChI=1S/C14H22N2O2/c1-16-9-10(8-15)6-13(16)12-7-11(17-2)4-5-14(12)18-3/h4-5,7,10,13H,6,8-9,15H2,1-3H3. The Hall–Kier alpha value is -1.26. The predicted molar refractivity (Wildman–Crippen MR) is 72.1 cm³/mol. The molecule has 0 spiro atoms. The van der Waals surface area contributed by atoms with E-state index in [1.807, 2.05) is 12.1 Å². The summed E-state index contributed by atoms with van der Waals surface area (Å²) in [6.07, 6.45) is 1.08. The Morgan fingerprint density at radius 3 is 2.67 bits per heavy atom. The Labute approximate surface area is 109 Å². The summed E-state index contributed by atoms with van der Waals surface area (Å²) in [5, 5.41) is 0. The molecule has 1 fully saturated rings. The number of nitrogens with zero attached hydrogens (tertiary/aromatic N) is 1. The Balaban J connectivity index is 2.31. The maximum atomic E-state index is 5.78. The van der Waals surface area contributed by atoms with Crippen molar-refractivity contribution in [3.8, 4) is 11.5 Å². The van der Waals surface area contributed by atoms with E-state index in [-0.39, 0.29) is 0 Å². The summed E-state index contributed by atoms with van der Waals surface area (Å²) >= 11 is 0. The number of methoxy groups -OCH3 is 2. The minimum Gasteiger partial charge on any atom is -0.497 e. The summed E-state index contributed by atoms with van der Waals surface area (Å²) < 4.78 is 10.8. The van der Waals surface area contributed by atoms with Crippen molar-refractivity contribution in [2.75, 3.05) is 34.4 Å². The van der Waals surface area contributed by atoms with Gasteiger partial charge in [0.1, 0.15) is 11.5 Å². The molecular formula is C14H22N2O2. The first-order chi connectivity index (χ1) is 8.69. The van der Waals surface area contributed by atoms with Gasteiger partial charge in [-0.15, -0.1) is 0 Å². The molecule has 0 radical (unpaired) electrons. The highest BCUT2D eigenvalue weighted by Crippen LogP contribution is 2.39. The van der Waals surface area contributed by atoms with E-state index >= 15 is 0 Å². The Bertz CT molecular complexity index is 409. The lowest BCUT2D eigenvalue weighted by Crippen LogP contribution is -2.20. The van der Waals surface area contributed by atoms with E-state index in [2.05, 4.69) is 18.0 Å². The Morgan fingerprint density at radius 2 is 2.11 bits per heavy atom. The molecule has 1 aromatic carbocycles. The van der Waals surface area contributed by atoms with Crippen molar-refractivity contribution >= 4 is 0 Å². The molecule has 1 aromatic rings. The summed E-state index contributed by atoms with van der Waals surface area (Å²) in [4.78, 5) is 2.34. The third-order valence-electron chi connectivity index (χ3n) is 3.76. The number of benzene rings is 1.